The topological polar surface area (TPSA) is 12.0 Å². The molecular formula is C18H19BrClN. The molecule has 0 amide bonds. The van der Waals surface area contributed by atoms with Crippen LogP contribution in [-0.4, -0.2) is 6.04 Å². The van der Waals surface area contributed by atoms with E-state index in [0.29, 0.717) is 12.1 Å². The van der Waals surface area contributed by atoms with Gasteiger partial charge in [-0.3, -0.25) is 0 Å². The second-order valence-corrected chi connectivity index (χ2v) is 7.12. The fraction of sp³-hybridized carbons (Fsp3) is 0.333. The summed E-state index contributed by atoms with van der Waals surface area (Å²) in [7, 11) is 0. The molecule has 2 aromatic carbocycles. The summed E-state index contributed by atoms with van der Waals surface area (Å²) in [5, 5.41) is 4.62. The minimum Gasteiger partial charge on any atom is -0.307 e. The number of nitrogens with one attached hydrogen (secondary N) is 1. The first-order valence-electron chi connectivity index (χ1n) is 7.41. The Bertz CT molecular complexity index is 641. The highest BCUT2D eigenvalue weighted by Gasteiger charge is 2.23. The van der Waals surface area contributed by atoms with Gasteiger partial charge in [0.2, 0.25) is 0 Å². The van der Waals surface area contributed by atoms with Crippen LogP contribution in [0.25, 0.3) is 0 Å². The maximum Gasteiger partial charge on any atom is 0.0438 e. The Labute approximate surface area is 139 Å². The molecule has 2 aromatic rings. The third-order valence-electron chi connectivity index (χ3n) is 4.15. The third kappa shape index (κ3) is 3.50. The summed E-state index contributed by atoms with van der Waals surface area (Å²) in [4.78, 5) is 0. The van der Waals surface area contributed by atoms with Crippen molar-refractivity contribution in [3.63, 3.8) is 0 Å². The van der Waals surface area contributed by atoms with Crippen molar-refractivity contribution in [2.45, 2.75) is 38.3 Å². The SMILES string of the molecule is CC(Cc1ccccc1Cl)NC1CCc2cc(Br)ccc21. The highest BCUT2D eigenvalue weighted by atomic mass is 79.9. The lowest BCUT2D eigenvalue weighted by atomic mass is 10.0. The summed E-state index contributed by atoms with van der Waals surface area (Å²) < 4.78 is 1.17. The van der Waals surface area contributed by atoms with Crippen LogP contribution in [0.4, 0.5) is 0 Å². The summed E-state index contributed by atoms with van der Waals surface area (Å²) in [6.45, 7) is 2.24. The van der Waals surface area contributed by atoms with E-state index in [0.717, 1.165) is 17.9 Å². The minimum atomic E-state index is 0.407. The van der Waals surface area contributed by atoms with Crippen molar-refractivity contribution < 1.29 is 0 Å². The molecule has 0 spiro atoms. The molecule has 0 heterocycles. The fourth-order valence-corrected chi connectivity index (χ4v) is 3.78. The quantitative estimate of drug-likeness (QED) is 0.775. The molecule has 0 aromatic heterocycles. The van der Waals surface area contributed by atoms with Gasteiger partial charge < -0.3 is 5.32 Å². The zero-order valence-electron chi connectivity index (χ0n) is 12.1. The Morgan fingerprint density at radius 2 is 2.10 bits per heavy atom. The Morgan fingerprint density at radius 3 is 2.90 bits per heavy atom. The summed E-state index contributed by atoms with van der Waals surface area (Å²) in [5.74, 6) is 0. The monoisotopic (exact) mass is 363 g/mol. The predicted octanol–water partition coefficient (Wildman–Crippen LogP) is 5.31. The molecule has 0 radical (unpaired) electrons. The van der Waals surface area contributed by atoms with Gasteiger partial charge in [0.15, 0.2) is 0 Å². The molecule has 110 valence electrons. The first-order valence-corrected chi connectivity index (χ1v) is 8.58. The van der Waals surface area contributed by atoms with Crippen LogP contribution < -0.4 is 5.32 Å². The molecule has 1 aliphatic rings. The first-order chi connectivity index (χ1) is 10.1. The lowest BCUT2D eigenvalue weighted by Gasteiger charge is -2.21. The van der Waals surface area contributed by atoms with Crippen molar-refractivity contribution in [2.75, 3.05) is 0 Å². The van der Waals surface area contributed by atoms with Crippen LogP contribution in [0.15, 0.2) is 46.9 Å². The summed E-state index contributed by atoms with van der Waals surface area (Å²) in [6.07, 6.45) is 3.30. The number of fused-ring (bicyclic) bond motifs is 1. The normalized spacial score (nSPS) is 18.5. The number of hydrogen-bond acceptors (Lipinski definition) is 1. The molecule has 0 fully saturated rings. The highest BCUT2D eigenvalue weighted by Crippen LogP contribution is 2.33. The van der Waals surface area contributed by atoms with E-state index in [1.165, 1.54) is 27.6 Å². The average Bonchev–Trinajstić information content (AvgIpc) is 2.83. The molecule has 21 heavy (non-hydrogen) atoms. The van der Waals surface area contributed by atoms with Crippen molar-refractivity contribution in [1.29, 1.82) is 0 Å². The predicted molar refractivity (Wildman–Crippen MR) is 93.0 cm³/mol. The van der Waals surface area contributed by atoms with Gasteiger partial charge in [-0.25, -0.2) is 0 Å². The molecule has 3 rings (SSSR count). The van der Waals surface area contributed by atoms with Crippen molar-refractivity contribution >= 4 is 27.5 Å². The maximum absolute atomic E-state index is 6.25. The van der Waals surface area contributed by atoms with E-state index < -0.39 is 0 Å². The van der Waals surface area contributed by atoms with Gasteiger partial charge in [-0.05, 0) is 61.1 Å². The largest absolute Gasteiger partial charge is 0.307 e. The van der Waals surface area contributed by atoms with Crippen LogP contribution in [0.1, 0.15) is 36.1 Å². The van der Waals surface area contributed by atoms with Crippen LogP contribution in [0.2, 0.25) is 5.02 Å². The van der Waals surface area contributed by atoms with Gasteiger partial charge in [-0.1, -0.05) is 51.8 Å². The van der Waals surface area contributed by atoms with Crippen LogP contribution >= 0.6 is 27.5 Å². The Hall–Kier alpha value is -0.830. The summed E-state index contributed by atoms with van der Waals surface area (Å²) >= 11 is 9.80. The van der Waals surface area contributed by atoms with Crippen LogP contribution in [0.3, 0.4) is 0 Å². The minimum absolute atomic E-state index is 0.407. The standard InChI is InChI=1S/C18H19BrClN/c1-12(10-14-4-2-3-5-17(14)20)21-18-9-6-13-11-15(19)7-8-16(13)18/h2-5,7-8,11-12,18,21H,6,9-10H2,1H3. The molecule has 1 nitrogen and oxygen atoms in total. The molecule has 2 atom stereocenters. The molecule has 0 bridgehead atoms. The van der Waals surface area contributed by atoms with Gasteiger partial charge in [-0.15, -0.1) is 0 Å². The molecule has 2 unspecified atom stereocenters. The van der Waals surface area contributed by atoms with E-state index in [-0.39, 0.29) is 0 Å². The lowest BCUT2D eigenvalue weighted by molar-refractivity contribution is 0.451. The summed E-state index contributed by atoms with van der Waals surface area (Å²) in [5.41, 5.74) is 4.13. The molecule has 0 saturated heterocycles. The molecule has 1 aliphatic carbocycles. The van der Waals surface area contributed by atoms with Gasteiger partial charge in [0.1, 0.15) is 0 Å². The van der Waals surface area contributed by atoms with Crippen molar-refractivity contribution in [2.24, 2.45) is 0 Å². The maximum atomic E-state index is 6.25. The van der Waals surface area contributed by atoms with Crippen LogP contribution in [0.5, 0.6) is 0 Å². The van der Waals surface area contributed by atoms with Gasteiger partial charge in [0.25, 0.3) is 0 Å². The molecule has 0 aliphatic heterocycles. The average molecular weight is 365 g/mol. The first kappa shape index (κ1) is 15.1. The van der Waals surface area contributed by atoms with Gasteiger partial charge in [0, 0.05) is 21.6 Å². The van der Waals surface area contributed by atoms with Gasteiger partial charge in [-0.2, -0.15) is 0 Å². The number of aryl methyl sites for hydroxylation is 1. The number of rotatable bonds is 4. The molecular weight excluding hydrogens is 346 g/mol. The van der Waals surface area contributed by atoms with Crippen LogP contribution in [-0.2, 0) is 12.8 Å². The zero-order valence-corrected chi connectivity index (χ0v) is 14.4. The van der Waals surface area contributed by atoms with Crippen LogP contribution in [0, 0.1) is 0 Å². The number of halogens is 2. The van der Waals surface area contributed by atoms with Crippen molar-refractivity contribution in [3.05, 3.63) is 68.7 Å². The van der Waals surface area contributed by atoms with E-state index in [4.69, 9.17) is 11.6 Å². The van der Waals surface area contributed by atoms with E-state index in [9.17, 15) is 0 Å². The van der Waals surface area contributed by atoms with Crippen molar-refractivity contribution in [1.82, 2.24) is 5.32 Å². The summed E-state index contributed by atoms with van der Waals surface area (Å²) in [6, 6.07) is 15.6. The Kier molecular flexibility index (Phi) is 4.68. The van der Waals surface area contributed by atoms with E-state index in [2.05, 4.69) is 58.5 Å². The molecule has 3 heteroatoms. The van der Waals surface area contributed by atoms with E-state index in [1.54, 1.807) is 0 Å². The molecule has 0 saturated carbocycles. The lowest BCUT2D eigenvalue weighted by Crippen LogP contribution is -2.31. The Balaban J connectivity index is 1.67. The highest BCUT2D eigenvalue weighted by molar-refractivity contribution is 9.10. The second-order valence-electron chi connectivity index (χ2n) is 5.80. The van der Waals surface area contributed by atoms with E-state index >= 15 is 0 Å². The smallest absolute Gasteiger partial charge is 0.0438 e. The second kappa shape index (κ2) is 6.51. The fourth-order valence-electron chi connectivity index (χ4n) is 3.16. The van der Waals surface area contributed by atoms with Crippen molar-refractivity contribution in [3.8, 4) is 0 Å². The molecule has 1 N–H and O–H groups in total. The zero-order chi connectivity index (χ0) is 14.8. The Morgan fingerprint density at radius 1 is 1.29 bits per heavy atom. The number of benzene rings is 2. The van der Waals surface area contributed by atoms with Gasteiger partial charge in [0.05, 0.1) is 0 Å². The van der Waals surface area contributed by atoms with Gasteiger partial charge >= 0.3 is 0 Å². The third-order valence-corrected chi connectivity index (χ3v) is 5.01. The number of hydrogen-bond donors (Lipinski definition) is 1. The van der Waals surface area contributed by atoms with E-state index in [1.807, 2.05) is 12.1 Å².